The molecule has 0 unspecified atom stereocenters. The fourth-order valence-corrected chi connectivity index (χ4v) is 3.59. The van der Waals surface area contributed by atoms with Gasteiger partial charge < -0.3 is 9.40 Å². The maximum Gasteiger partial charge on any atom is 0.249 e. The van der Waals surface area contributed by atoms with E-state index >= 15 is 0 Å². The van der Waals surface area contributed by atoms with Crippen LogP contribution in [0.2, 0.25) is 0 Å². The summed E-state index contributed by atoms with van der Waals surface area (Å²) in [7, 11) is 0. The topological polar surface area (TPSA) is 67.6 Å². The summed E-state index contributed by atoms with van der Waals surface area (Å²) in [5, 5.41) is 10.7. The summed E-state index contributed by atoms with van der Waals surface area (Å²) in [6, 6.07) is 8.68. The first kappa shape index (κ1) is 14.6. The van der Waals surface area contributed by atoms with Gasteiger partial charge in [0.05, 0.1) is 16.8 Å². The molecule has 3 aromatic heterocycles. The van der Waals surface area contributed by atoms with Gasteiger partial charge >= 0.3 is 0 Å². The van der Waals surface area contributed by atoms with E-state index in [0.717, 1.165) is 35.1 Å². The van der Waals surface area contributed by atoms with Gasteiger partial charge in [0, 0.05) is 17.2 Å². The first-order valence-electron chi connectivity index (χ1n) is 8.99. The maximum absolute atomic E-state index is 5.83. The summed E-state index contributed by atoms with van der Waals surface area (Å²) in [6.45, 7) is 4.10. The third-order valence-corrected chi connectivity index (χ3v) is 5.02. The Balaban J connectivity index is 1.71. The van der Waals surface area contributed by atoms with Crippen LogP contribution < -0.4 is 0 Å². The van der Waals surface area contributed by atoms with Crippen molar-refractivity contribution in [1.82, 2.24) is 20.2 Å². The lowest BCUT2D eigenvalue weighted by Crippen LogP contribution is -1.89. The van der Waals surface area contributed by atoms with Crippen LogP contribution in [0.25, 0.3) is 33.4 Å². The van der Waals surface area contributed by atoms with Crippen LogP contribution in [-0.4, -0.2) is 20.2 Å². The zero-order chi connectivity index (χ0) is 17.0. The predicted octanol–water partition coefficient (Wildman–Crippen LogP) is 4.90. The number of aromatic amines is 1. The number of fused-ring (bicyclic) bond motifs is 3. The zero-order valence-electron chi connectivity index (χ0n) is 14.5. The molecular formula is C20H20N4O. The molecule has 0 aliphatic heterocycles. The second kappa shape index (κ2) is 5.41. The van der Waals surface area contributed by atoms with Gasteiger partial charge in [-0.2, -0.15) is 0 Å². The predicted molar refractivity (Wildman–Crippen MR) is 97.6 cm³/mol. The van der Waals surface area contributed by atoms with E-state index in [1.54, 1.807) is 0 Å². The summed E-state index contributed by atoms with van der Waals surface area (Å²) in [4.78, 5) is 8.32. The Hall–Kier alpha value is -2.69. The molecule has 5 heteroatoms. The Labute approximate surface area is 145 Å². The van der Waals surface area contributed by atoms with Crippen molar-refractivity contribution in [3.05, 3.63) is 41.4 Å². The van der Waals surface area contributed by atoms with Gasteiger partial charge in [0.1, 0.15) is 5.65 Å². The average Bonchev–Trinajstić information content (AvgIpc) is 3.24. The Kier molecular flexibility index (Phi) is 3.17. The van der Waals surface area contributed by atoms with Crippen LogP contribution in [0.5, 0.6) is 0 Å². The van der Waals surface area contributed by atoms with Crippen molar-refractivity contribution in [2.45, 2.75) is 45.4 Å². The van der Waals surface area contributed by atoms with E-state index in [9.17, 15) is 0 Å². The second-order valence-corrected chi connectivity index (χ2v) is 6.94. The van der Waals surface area contributed by atoms with Gasteiger partial charge in [-0.05, 0) is 43.7 Å². The second-order valence-electron chi connectivity index (χ2n) is 6.94. The molecule has 0 spiro atoms. The lowest BCUT2D eigenvalue weighted by atomic mass is 10.1. The average molecular weight is 332 g/mol. The minimum atomic E-state index is 0.558. The molecule has 5 nitrogen and oxygen atoms in total. The number of pyridine rings is 1. The van der Waals surface area contributed by atoms with Crippen LogP contribution in [0.3, 0.4) is 0 Å². The molecule has 0 bridgehead atoms. The lowest BCUT2D eigenvalue weighted by molar-refractivity contribution is 0.502. The molecule has 3 heterocycles. The van der Waals surface area contributed by atoms with E-state index in [0.29, 0.717) is 17.7 Å². The molecule has 1 aromatic carbocycles. The SMILES string of the molecule is CCCc1nnc(-c2cc3c(nc2C)[nH]c2c(C4CC4)cccc23)o1. The standard InChI is InChI=1S/C20H20N4O/c1-3-5-17-23-24-20(25-17)15-10-16-14-7-4-6-13(12-8-9-12)18(14)22-19(16)21-11(15)2/h4,6-7,10,12H,3,5,8-9H2,1-2H3,(H,21,22). The van der Waals surface area contributed by atoms with Gasteiger partial charge in [0.15, 0.2) is 0 Å². The fraction of sp³-hybridized carbons (Fsp3) is 0.350. The number of hydrogen-bond acceptors (Lipinski definition) is 4. The number of para-hydroxylation sites is 1. The molecule has 1 aliphatic rings. The molecule has 0 radical (unpaired) electrons. The highest BCUT2D eigenvalue weighted by atomic mass is 16.4. The molecule has 0 atom stereocenters. The number of aromatic nitrogens is 4. The van der Waals surface area contributed by atoms with Crippen LogP contribution in [0.1, 0.15) is 49.3 Å². The van der Waals surface area contributed by atoms with Crippen molar-refractivity contribution in [2.75, 3.05) is 0 Å². The summed E-state index contributed by atoms with van der Waals surface area (Å²) in [5.74, 6) is 1.94. The summed E-state index contributed by atoms with van der Waals surface area (Å²) in [5.41, 5.74) is 5.38. The van der Waals surface area contributed by atoms with Gasteiger partial charge in [0.25, 0.3) is 0 Å². The van der Waals surface area contributed by atoms with Gasteiger partial charge in [-0.15, -0.1) is 10.2 Å². The first-order valence-corrected chi connectivity index (χ1v) is 8.99. The third kappa shape index (κ3) is 2.34. The minimum Gasteiger partial charge on any atom is -0.421 e. The highest BCUT2D eigenvalue weighted by molar-refractivity contribution is 6.08. The molecule has 0 amide bonds. The minimum absolute atomic E-state index is 0.558. The normalized spacial score (nSPS) is 14.6. The molecular weight excluding hydrogens is 312 g/mol. The van der Waals surface area contributed by atoms with Crippen molar-refractivity contribution in [1.29, 1.82) is 0 Å². The van der Waals surface area contributed by atoms with E-state index in [1.807, 2.05) is 6.92 Å². The summed E-state index contributed by atoms with van der Waals surface area (Å²) < 4.78 is 5.83. The molecule has 1 N–H and O–H groups in total. The number of rotatable bonds is 4. The van der Waals surface area contributed by atoms with Gasteiger partial charge in [0.2, 0.25) is 11.8 Å². The molecule has 25 heavy (non-hydrogen) atoms. The van der Waals surface area contributed by atoms with E-state index in [4.69, 9.17) is 9.40 Å². The smallest absolute Gasteiger partial charge is 0.249 e. The van der Waals surface area contributed by atoms with Crippen LogP contribution >= 0.6 is 0 Å². The van der Waals surface area contributed by atoms with Crippen LogP contribution in [0, 0.1) is 6.92 Å². The van der Waals surface area contributed by atoms with Crippen LogP contribution in [0.4, 0.5) is 0 Å². The number of aryl methyl sites for hydroxylation is 2. The highest BCUT2D eigenvalue weighted by Gasteiger charge is 2.26. The molecule has 5 rings (SSSR count). The molecule has 126 valence electrons. The number of benzene rings is 1. The maximum atomic E-state index is 5.83. The van der Waals surface area contributed by atoms with Crippen molar-refractivity contribution in [3.63, 3.8) is 0 Å². The van der Waals surface area contributed by atoms with E-state index < -0.39 is 0 Å². The number of hydrogen-bond donors (Lipinski definition) is 1. The summed E-state index contributed by atoms with van der Waals surface area (Å²) in [6.07, 6.45) is 4.37. The van der Waals surface area contributed by atoms with Crippen molar-refractivity contribution < 1.29 is 4.42 Å². The van der Waals surface area contributed by atoms with Gasteiger partial charge in [-0.25, -0.2) is 4.98 Å². The van der Waals surface area contributed by atoms with E-state index in [-0.39, 0.29) is 0 Å². The van der Waals surface area contributed by atoms with Crippen LogP contribution in [-0.2, 0) is 6.42 Å². The lowest BCUT2D eigenvalue weighted by Gasteiger charge is -2.01. The Morgan fingerprint density at radius 1 is 1.20 bits per heavy atom. The zero-order valence-corrected chi connectivity index (χ0v) is 14.5. The van der Waals surface area contributed by atoms with Crippen LogP contribution in [0.15, 0.2) is 28.7 Å². The van der Waals surface area contributed by atoms with Gasteiger partial charge in [-0.3, -0.25) is 0 Å². The largest absolute Gasteiger partial charge is 0.421 e. The van der Waals surface area contributed by atoms with Crippen molar-refractivity contribution >= 4 is 21.9 Å². The highest BCUT2D eigenvalue weighted by Crippen LogP contribution is 2.44. The molecule has 4 aromatic rings. The molecule has 1 aliphatic carbocycles. The molecule has 1 saturated carbocycles. The Bertz CT molecular complexity index is 1090. The van der Waals surface area contributed by atoms with E-state index in [2.05, 4.69) is 46.4 Å². The van der Waals surface area contributed by atoms with Gasteiger partial charge in [-0.1, -0.05) is 25.1 Å². The number of nitrogens with one attached hydrogen (secondary N) is 1. The Morgan fingerprint density at radius 2 is 2.08 bits per heavy atom. The third-order valence-electron chi connectivity index (χ3n) is 5.02. The van der Waals surface area contributed by atoms with E-state index in [1.165, 1.54) is 29.3 Å². The monoisotopic (exact) mass is 332 g/mol. The number of nitrogens with zero attached hydrogens (tertiary/aromatic N) is 3. The number of H-pyrrole nitrogens is 1. The Morgan fingerprint density at radius 3 is 2.88 bits per heavy atom. The fourth-order valence-electron chi connectivity index (χ4n) is 3.59. The van der Waals surface area contributed by atoms with Crippen molar-refractivity contribution in [2.24, 2.45) is 0 Å². The molecule has 0 saturated heterocycles. The van der Waals surface area contributed by atoms with Crippen molar-refractivity contribution in [3.8, 4) is 11.5 Å². The first-order chi connectivity index (χ1) is 12.2. The molecule has 1 fully saturated rings. The summed E-state index contributed by atoms with van der Waals surface area (Å²) >= 11 is 0. The quantitative estimate of drug-likeness (QED) is 0.577.